The van der Waals surface area contributed by atoms with Gasteiger partial charge in [0, 0.05) is 24.7 Å². The van der Waals surface area contributed by atoms with E-state index in [2.05, 4.69) is 6.58 Å². The Morgan fingerprint density at radius 2 is 1.91 bits per heavy atom. The monoisotopic (exact) mass is 177 g/mol. The summed E-state index contributed by atoms with van der Waals surface area (Å²) in [5.41, 5.74) is 0. The Kier molecular flexibility index (Phi) is 2.90. The molecule has 0 aromatic rings. The number of nitrogens with zero attached hydrogens (tertiary/aromatic N) is 1. The van der Waals surface area contributed by atoms with Crippen molar-refractivity contribution < 1.29 is 10.2 Å². The van der Waals surface area contributed by atoms with Gasteiger partial charge in [0.15, 0.2) is 0 Å². The van der Waals surface area contributed by atoms with Crippen molar-refractivity contribution in [1.29, 1.82) is 0 Å². The summed E-state index contributed by atoms with van der Waals surface area (Å²) in [6.07, 6.45) is -1.27. The molecule has 1 aliphatic heterocycles. The molecule has 0 aliphatic carbocycles. The van der Waals surface area contributed by atoms with E-state index in [0.29, 0.717) is 24.7 Å². The number of likely N-dealkylation sites (tertiary alicyclic amines) is 1. The van der Waals surface area contributed by atoms with Crippen molar-refractivity contribution in [2.75, 3.05) is 19.6 Å². The summed E-state index contributed by atoms with van der Waals surface area (Å²) < 4.78 is 0. The fourth-order valence-electron chi connectivity index (χ4n) is 1.22. The van der Waals surface area contributed by atoms with Gasteiger partial charge >= 0.3 is 0 Å². The summed E-state index contributed by atoms with van der Waals surface area (Å²) in [5.74, 6) is 0. The first-order valence-corrected chi connectivity index (χ1v) is 3.89. The molecule has 1 saturated heterocycles. The molecule has 1 rings (SSSR count). The van der Waals surface area contributed by atoms with E-state index in [1.54, 1.807) is 0 Å². The number of rotatable bonds is 2. The molecule has 64 valence electrons. The molecule has 2 atom stereocenters. The molecule has 1 aliphatic rings. The summed E-state index contributed by atoms with van der Waals surface area (Å²) in [5, 5.41) is 18.8. The molecule has 0 aromatic carbocycles. The molecule has 1 heterocycles. The molecule has 0 radical (unpaired) electrons. The highest BCUT2D eigenvalue weighted by Crippen LogP contribution is 2.12. The minimum absolute atomic E-state index is 0.479. The van der Waals surface area contributed by atoms with E-state index >= 15 is 0 Å². The van der Waals surface area contributed by atoms with E-state index in [-0.39, 0.29) is 0 Å². The van der Waals surface area contributed by atoms with Crippen LogP contribution in [0, 0.1) is 0 Å². The largest absolute Gasteiger partial charge is 0.389 e. The third kappa shape index (κ3) is 2.45. The maximum Gasteiger partial charge on any atom is 0.0938 e. The van der Waals surface area contributed by atoms with Crippen molar-refractivity contribution in [2.45, 2.75) is 12.2 Å². The highest BCUT2D eigenvalue weighted by Gasteiger charge is 2.29. The minimum atomic E-state index is -0.633. The van der Waals surface area contributed by atoms with Crippen LogP contribution in [0.1, 0.15) is 0 Å². The second-order valence-electron chi connectivity index (χ2n) is 2.85. The normalized spacial score (nSPS) is 32.6. The summed E-state index contributed by atoms with van der Waals surface area (Å²) in [6, 6.07) is 0. The number of halogens is 1. The molecular weight excluding hydrogens is 166 g/mol. The first-order chi connectivity index (χ1) is 5.09. The van der Waals surface area contributed by atoms with Crippen LogP contribution in [0.3, 0.4) is 0 Å². The van der Waals surface area contributed by atoms with Crippen LogP contribution in [0.2, 0.25) is 0 Å². The number of β-amino-alcohol motifs (C(OH)–C–C–N with tert-alkyl or cyclic N) is 2. The Hall–Kier alpha value is -0.0900. The lowest BCUT2D eigenvalue weighted by atomic mass is 10.3. The number of hydrogen-bond donors (Lipinski definition) is 2. The zero-order valence-corrected chi connectivity index (χ0v) is 6.96. The number of hydrogen-bond acceptors (Lipinski definition) is 3. The van der Waals surface area contributed by atoms with Crippen LogP contribution >= 0.6 is 11.6 Å². The van der Waals surface area contributed by atoms with Crippen molar-refractivity contribution in [2.24, 2.45) is 0 Å². The second kappa shape index (κ2) is 3.54. The summed E-state index contributed by atoms with van der Waals surface area (Å²) >= 11 is 5.55. The van der Waals surface area contributed by atoms with Gasteiger partial charge in [0.1, 0.15) is 0 Å². The topological polar surface area (TPSA) is 43.7 Å². The smallest absolute Gasteiger partial charge is 0.0938 e. The van der Waals surface area contributed by atoms with Crippen LogP contribution in [0.5, 0.6) is 0 Å². The first kappa shape index (κ1) is 9.00. The van der Waals surface area contributed by atoms with Crippen molar-refractivity contribution >= 4 is 11.6 Å². The van der Waals surface area contributed by atoms with Crippen molar-refractivity contribution in [3.63, 3.8) is 0 Å². The van der Waals surface area contributed by atoms with Gasteiger partial charge in [-0.25, -0.2) is 0 Å². The van der Waals surface area contributed by atoms with E-state index in [1.807, 2.05) is 4.90 Å². The van der Waals surface area contributed by atoms with E-state index < -0.39 is 12.2 Å². The average Bonchev–Trinajstić information content (AvgIpc) is 2.10. The molecule has 0 amide bonds. The highest BCUT2D eigenvalue weighted by atomic mass is 35.5. The molecule has 4 heteroatoms. The zero-order valence-electron chi connectivity index (χ0n) is 6.20. The zero-order chi connectivity index (χ0) is 8.43. The van der Waals surface area contributed by atoms with Gasteiger partial charge in [-0.3, -0.25) is 4.90 Å². The van der Waals surface area contributed by atoms with Gasteiger partial charge in [-0.1, -0.05) is 18.2 Å². The van der Waals surface area contributed by atoms with Gasteiger partial charge in [-0.05, 0) is 0 Å². The highest BCUT2D eigenvalue weighted by molar-refractivity contribution is 6.29. The lowest BCUT2D eigenvalue weighted by molar-refractivity contribution is 0.0572. The fourth-order valence-corrected chi connectivity index (χ4v) is 1.39. The van der Waals surface area contributed by atoms with Gasteiger partial charge in [0.2, 0.25) is 0 Å². The Labute approximate surface area is 70.9 Å². The van der Waals surface area contributed by atoms with Crippen LogP contribution in [0.25, 0.3) is 0 Å². The average molecular weight is 178 g/mol. The Bertz CT molecular complexity index is 153. The quantitative estimate of drug-likeness (QED) is 0.613. The molecule has 0 aromatic heterocycles. The van der Waals surface area contributed by atoms with Gasteiger partial charge in [0.05, 0.1) is 12.2 Å². The SMILES string of the molecule is C=C(Cl)CN1CC(O)C(O)C1. The van der Waals surface area contributed by atoms with Crippen LogP contribution in [-0.4, -0.2) is 47.0 Å². The molecule has 1 fully saturated rings. The van der Waals surface area contributed by atoms with Crippen LogP contribution in [0.15, 0.2) is 11.6 Å². The lowest BCUT2D eigenvalue weighted by Gasteiger charge is -2.12. The summed E-state index contributed by atoms with van der Waals surface area (Å²) in [6.45, 7) is 5.02. The van der Waals surface area contributed by atoms with Crippen LogP contribution in [0.4, 0.5) is 0 Å². The molecule has 11 heavy (non-hydrogen) atoms. The van der Waals surface area contributed by atoms with Gasteiger partial charge < -0.3 is 10.2 Å². The lowest BCUT2D eigenvalue weighted by Crippen LogP contribution is -2.23. The van der Waals surface area contributed by atoms with E-state index in [1.165, 1.54) is 0 Å². The molecule has 0 saturated carbocycles. The van der Waals surface area contributed by atoms with E-state index in [0.717, 1.165) is 0 Å². The fraction of sp³-hybridized carbons (Fsp3) is 0.714. The molecule has 0 spiro atoms. The molecular formula is C7H12ClNO2. The van der Waals surface area contributed by atoms with Crippen molar-refractivity contribution in [1.82, 2.24) is 4.90 Å². The Balaban J connectivity index is 2.35. The summed E-state index contributed by atoms with van der Waals surface area (Å²) in [7, 11) is 0. The third-order valence-corrected chi connectivity index (χ3v) is 1.85. The van der Waals surface area contributed by atoms with E-state index in [9.17, 15) is 0 Å². The summed E-state index contributed by atoms with van der Waals surface area (Å²) in [4.78, 5) is 1.87. The standard InChI is InChI=1S/C7H12ClNO2/c1-5(8)2-9-3-6(10)7(11)4-9/h6-7,10-11H,1-4H2. The molecule has 2 unspecified atom stereocenters. The van der Waals surface area contributed by atoms with Crippen LogP contribution in [-0.2, 0) is 0 Å². The van der Waals surface area contributed by atoms with E-state index in [4.69, 9.17) is 21.8 Å². The maximum absolute atomic E-state index is 9.12. The van der Waals surface area contributed by atoms with Gasteiger partial charge in [0.25, 0.3) is 0 Å². The second-order valence-corrected chi connectivity index (χ2v) is 3.38. The number of aliphatic hydroxyl groups is 2. The molecule has 3 nitrogen and oxygen atoms in total. The maximum atomic E-state index is 9.12. The van der Waals surface area contributed by atoms with Gasteiger partial charge in [-0.2, -0.15) is 0 Å². The van der Waals surface area contributed by atoms with Crippen molar-refractivity contribution in [3.05, 3.63) is 11.6 Å². The van der Waals surface area contributed by atoms with Crippen LogP contribution < -0.4 is 0 Å². The van der Waals surface area contributed by atoms with Gasteiger partial charge in [-0.15, -0.1) is 0 Å². The Morgan fingerprint density at radius 1 is 1.45 bits per heavy atom. The predicted molar refractivity (Wildman–Crippen MR) is 43.4 cm³/mol. The predicted octanol–water partition coefficient (Wildman–Crippen LogP) is -0.224. The number of aliphatic hydroxyl groups excluding tert-OH is 2. The Morgan fingerprint density at radius 3 is 2.27 bits per heavy atom. The van der Waals surface area contributed by atoms with Crippen molar-refractivity contribution in [3.8, 4) is 0 Å². The third-order valence-electron chi connectivity index (χ3n) is 1.73. The minimum Gasteiger partial charge on any atom is -0.389 e. The molecule has 2 N–H and O–H groups in total. The first-order valence-electron chi connectivity index (χ1n) is 3.51. The molecule has 0 bridgehead atoms.